The maximum absolute atomic E-state index is 13.5. The van der Waals surface area contributed by atoms with Gasteiger partial charge in [0, 0.05) is 25.5 Å². The first-order valence-electron chi connectivity index (χ1n) is 15.6. The largest absolute Gasteiger partial charge is 0.493 e. The van der Waals surface area contributed by atoms with Crippen LogP contribution in [0.3, 0.4) is 0 Å². The highest BCUT2D eigenvalue weighted by Gasteiger charge is 2.29. The summed E-state index contributed by atoms with van der Waals surface area (Å²) in [6.45, 7) is 1.78. The minimum atomic E-state index is -0.592. The van der Waals surface area contributed by atoms with Crippen molar-refractivity contribution in [2.75, 3.05) is 45.6 Å². The number of benzene rings is 2. The van der Waals surface area contributed by atoms with Crippen LogP contribution in [0, 0.1) is 0 Å². The van der Waals surface area contributed by atoms with Gasteiger partial charge in [-0.25, -0.2) is 9.78 Å². The number of nitrogens with one attached hydrogen (secondary N) is 3. The lowest BCUT2D eigenvalue weighted by molar-refractivity contribution is -0.119. The fourth-order valence-corrected chi connectivity index (χ4v) is 6.88. The maximum Gasteiger partial charge on any atom is 0.358 e. The number of carbonyl (C=O) groups is 3. The minimum Gasteiger partial charge on any atom is -0.493 e. The van der Waals surface area contributed by atoms with Crippen LogP contribution in [0.4, 0.5) is 10.8 Å². The first-order valence-corrected chi connectivity index (χ1v) is 16.5. The fourth-order valence-electron chi connectivity index (χ4n) is 5.90. The van der Waals surface area contributed by atoms with Crippen molar-refractivity contribution in [3.8, 4) is 38.8 Å². The number of hydrogen-bond donors (Lipinski definition) is 3. The highest BCUT2D eigenvalue weighted by Crippen LogP contribution is 2.50. The summed E-state index contributed by atoms with van der Waals surface area (Å²) in [4.78, 5) is 55.9. The Hall–Kier alpha value is -5.43. The van der Waals surface area contributed by atoms with Crippen LogP contribution in [0.1, 0.15) is 53.8 Å². The highest BCUT2D eigenvalue weighted by atomic mass is 32.1. The molecule has 0 fully saturated rings. The van der Waals surface area contributed by atoms with E-state index >= 15 is 0 Å². The number of aryl methyl sites for hydroxylation is 1. The van der Waals surface area contributed by atoms with E-state index in [0.29, 0.717) is 59.2 Å². The van der Waals surface area contributed by atoms with Gasteiger partial charge >= 0.3 is 5.97 Å². The summed E-state index contributed by atoms with van der Waals surface area (Å²) >= 11 is 1.19. The molecule has 256 valence electrons. The Morgan fingerprint density at radius 1 is 0.959 bits per heavy atom. The van der Waals surface area contributed by atoms with E-state index < -0.39 is 12.0 Å². The van der Waals surface area contributed by atoms with E-state index in [2.05, 4.69) is 20.9 Å². The molecule has 1 aromatic heterocycles. The number of fused-ring (bicyclic) bond motifs is 3. The third-order valence-corrected chi connectivity index (χ3v) is 9.12. The van der Waals surface area contributed by atoms with E-state index in [1.165, 1.54) is 32.5 Å². The molecule has 13 heteroatoms. The van der Waals surface area contributed by atoms with E-state index in [4.69, 9.17) is 18.9 Å². The van der Waals surface area contributed by atoms with Gasteiger partial charge in [0.2, 0.25) is 23.0 Å². The predicted molar refractivity (Wildman–Crippen MR) is 188 cm³/mol. The number of carbonyl (C=O) groups excluding carboxylic acids is 3. The summed E-state index contributed by atoms with van der Waals surface area (Å²) in [5, 5.41) is 9.23. The second-order valence-electron chi connectivity index (χ2n) is 11.2. The average molecular weight is 687 g/mol. The molecule has 5 rings (SSSR count). The number of anilines is 2. The number of thiazole rings is 1. The summed E-state index contributed by atoms with van der Waals surface area (Å²) in [5.74, 6) is 0.319. The van der Waals surface area contributed by atoms with Gasteiger partial charge in [-0.2, -0.15) is 0 Å². The molecule has 0 saturated carbocycles. The van der Waals surface area contributed by atoms with E-state index in [-0.39, 0.29) is 34.5 Å². The molecule has 3 aromatic carbocycles. The smallest absolute Gasteiger partial charge is 0.358 e. The van der Waals surface area contributed by atoms with Gasteiger partial charge in [0.1, 0.15) is 0 Å². The molecule has 0 bridgehead atoms. The molecule has 3 N–H and O–H groups in total. The molecule has 1 aliphatic carbocycles. The van der Waals surface area contributed by atoms with Crippen molar-refractivity contribution in [1.29, 1.82) is 0 Å². The van der Waals surface area contributed by atoms with Crippen molar-refractivity contribution in [2.45, 2.75) is 38.6 Å². The lowest BCUT2D eigenvalue weighted by Gasteiger charge is -2.19. The van der Waals surface area contributed by atoms with Crippen molar-refractivity contribution in [2.24, 2.45) is 0 Å². The molecule has 4 aromatic rings. The summed E-state index contributed by atoms with van der Waals surface area (Å²) in [5.41, 5.74) is 4.05. The molecule has 12 nitrogen and oxygen atoms in total. The zero-order valence-corrected chi connectivity index (χ0v) is 28.7. The Bertz CT molecular complexity index is 1930. The maximum atomic E-state index is 13.5. The number of methoxy groups -OCH3 is 4. The summed E-state index contributed by atoms with van der Waals surface area (Å²) < 4.78 is 22.0. The van der Waals surface area contributed by atoms with Gasteiger partial charge in [0.25, 0.3) is 0 Å². The monoisotopic (exact) mass is 686 g/mol. The van der Waals surface area contributed by atoms with Crippen LogP contribution in [-0.2, 0) is 20.7 Å². The normalized spacial score (nSPS) is 13.2. The van der Waals surface area contributed by atoms with Crippen LogP contribution in [0.25, 0.3) is 21.6 Å². The average Bonchev–Trinajstić information content (AvgIpc) is 3.38. The minimum absolute atomic E-state index is 0.132. The molecule has 0 saturated heterocycles. The second kappa shape index (κ2) is 15.6. The SMILES string of the molecule is COC(=O)c1nc(NC(=O)CCCNc2ccc3c(cc2=O)[C@@H](NC(C)=O)CCc2cc(OC)c(OC)c(OC)c2-3)sc1-c1ccccc1. The Kier molecular flexibility index (Phi) is 11.1. The summed E-state index contributed by atoms with van der Waals surface area (Å²) in [6.07, 6.45) is 1.69. The van der Waals surface area contributed by atoms with Gasteiger partial charge in [-0.15, -0.1) is 0 Å². The Morgan fingerprint density at radius 2 is 1.71 bits per heavy atom. The number of rotatable bonds is 12. The number of nitrogens with zero attached hydrogens (tertiary/aromatic N) is 1. The Balaban J connectivity index is 1.35. The van der Waals surface area contributed by atoms with Gasteiger partial charge < -0.3 is 34.9 Å². The zero-order chi connectivity index (χ0) is 35.1. The van der Waals surface area contributed by atoms with Gasteiger partial charge in [-0.05, 0) is 59.7 Å². The number of aromatic nitrogens is 1. The molecule has 49 heavy (non-hydrogen) atoms. The molecule has 0 unspecified atom stereocenters. The molecular formula is C36H38N4O8S. The highest BCUT2D eigenvalue weighted by molar-refractivity contribution is 7.19. The number of ether oxygens (including phenoxy) is 4. The second-order valence-corrected chi connectivity index (χ2v) is 12.2. The van der Waals surface area contributed by atoms with Gasteiger partial charge in [-0.1, -0.05) is 47.7 Å². The van der Waals surface area contributed by atoms with E-state index in [0.717, 1.165) is 22.3 Å². The van der Waals surface area contributed by atoms with Crippen molar-refractivity contribution in [1.82, 2.24) is 10.3 Å². The first-order chi connectivity index (χ1) is 23.7. The van der Waals surface area contributed by atoms with Crippen molar-refractivity contribution in [3.63, 3.8) is 0 Å². The Labute approximate surface area is 287 Å². The lowest BCUT2D eigenvalue weighted by atomic mass is 9.95. The number of amides is 2. The van der Waals surface area contributed by atoms with Crippen molar-refractivity contribution < 1.29 is 33.3 Å². The summed E-state index contributed by atoms with van der Waals surface area (Å²) in [6, 6.07) is 15.8. The van der Waals surface area contributed by atoms with Crippen LogP contribution >= 0.6 is 11.3 Å². The van der Waals surface area contributed by atoms with Crippen LogP contribution in [0.5, 0.6) is 17.2 Å². The molecule has 0 aliphatic heterocycles. The van der Waals surface area contributed by atoms with Crippen molar-refractivity contribution in [3.05, 3.63) is 81.6 Å². The quantitative estimate of drug-likeness (QED) is 0.127. The Morgan fingerprint density at radius 3 is 2.39 bits per heavy atom. The van der Waals surface area contributed by atoms with Crippen molar-refractivity contribution >= 4 is 39.9 Å². The zero-order valence-electron chi connectivity index (χ0n) is 27.9. The van der Waals surface area contributed by atoms with E-state index in [9.17, 15) is 19.2 Å². The lowest BCUT2D eigenvalue weighted by Crippen LogP contribution is -2.26. The van der Waals surface area contributed by atoms with Gasteiger partial charge in [0.15, 0.2) is 22.3 Å². The molecule has 1 aliphatic rings. The molecule has 2 amide bonds. The number of hydrogen-bond acceptors (Lipinski definition) is 11. The predicted octanol–water partition coefficient (Wildman–Crippen LogP) is 5.60. The third kappa shape index (κ3) is 7.67. The standard InChI is InChI=1S/C36H38N4O8S/c1-20(41)38-25-15-13-22-18-28(45-2)32(46-3)33(47-4)30(22)23-14-16-26(27(42)19-24(23)25)37-17-9-12-29(43)39-36-40-31(35(44)48-5)34(49-36)21-10-7-6-8-11-21/h6-8,10-11,14,16,18-19,25H,9,12-13,15,17H2,1-5H3,(H,37,42)(H,38,41)(H,39,40,43)/t25-/m0/s1. The van der Waals surface area contributed by atoms with Crippen LogP contribution in [0.15, 0.2) is 59.4 Å². The fraction of sp³-hybridized carbons (Fsp3) is 0.306. The molecule has 0 spiro atoms. The van der Waals surface area contributed by atoms with E-state index in [1.54, 1.807) is 26.4 Å². The van der Waals surface area contributed by atoms with Crippen LogP contribution < -0.4 is 35.6 Å². The molecule has 1 heterocycles. The molecular weight excluding hydrogens is 648 g/mol. The van der Waals surface area contributed by atoms with Gasteiger partial charge in [-0.3, -0.25) is 14.4 Å². The third-order valence-electron chi connectivity index (χ3n) is 8.10. The molecule has 1 atom stereocenters. The van der Waals surface area contributed by atoms with E-state index in [1.807, 2.05) is 42.5 Å². The van der Waals surface area contributed by atoms with Crippen LogP contribution in [0.2, 0.25) is 0 Å². The van der Waals surface area contributed by atoms with Gasteiger partial charge in [0.05, 0.1) is 45.0 Å². The van der Waals surface area contributed by atoms with Crippen LogP contribution in [-0.4, -0.2) is 57.8 Å². The molecule has 0 radical (unpaired) electrons. The summed E-state index contributed by atoms with van der Waals surface area (Å²) in [7, 11) is 5.92. The number of esters is 1. The topological polar surface area (TPSA) is 154 Å². The first kappa shape index (κ1) is 34.9.